The molecule has 10 heteroatoms. The maximum atomic E-state index is 14.9. The molecule has 3 aromatic rings. The van der Waals surface area contributed by atoms with Crippen molar-refractivity contribution in [2.45, 2.75) is 25.7 Å². The van der Waals surface area contributed by atoms with Crippen molar-refractivity contribution >= 4 is 22.8 Å². The number of fused-ring (bicyclic) bond motifs is 1. The SMILES string of the molecule is NC(=O)[C@@H]1CC[C@@H](Cc2ncc3nnn(-c4ccc(N5CCOCC5)c(F)c4)c3n2)C1. The van der Waals surface area contributed by atoms with Gasteiger partial charge in [0.05, 0.1) is 30.8 Å². The summed E-state index contributed by atoms with van der Waals surface area (Å²) in [6.45, 7) is 2.51. The van der Waals surface area contributed by atoms with Crippen LogP contribution >= 0.6 is 0 Å². The maximum Gasteiger partial charge on any atom is 0.220 e. The van der Waals surface area contributed by atoms with E-state index in [4.69, 9.17) is 10.5 Å². The monoisotopic (exact) mass is 425 g/mol. The lowest BCUT2D eigenvalue weighted by molar-refractivity contribution is -0.121. The van der Waals surface area contributed by atoms with Crippen LogP contribution in [0.25, 0.3) is 16.9 Å². The summed E-state index contributed by atoms with van der Waals surface area (Å²) in [6.07, 6.45) is 4.81. The molecule has 0 radical (unpaired) electrons. The molecule has 0 unspecified atom stereocenters. The van der Waals surface area contributed by atoms with Crippen molar-refractivity contribution in [1.82, 2.24) is 25.0 Å². The molecule has 1 amide bonds. The lowest BCUT2D eigenvalue weighted by atomic mass is 10.0. The summed E-state index contributed by atoms with van der Waals surface area (Å²) in [6, 6.07) is 5.03. The van der Waals surface area contributed by atoms with E-state index < -0.39 is 0 Å². The van der Waals surface area contributed by atoms with E-state index in [9.17, 15) is 9.18 Å². The minimum Gasteiger partial charge on any atom is -0.378 e. The molecule has 2 aliphatic rings. The van der Waals surface area contributed by atoms with Crippen LogP contribution in [0.2, 0.25) is 0 Å². The molecular weight excluding hydrogens is 401 g/mol. The predicted molar refractivity (Wildman–Crippen MR) is 111 cm³/mol. The van der Waals surface area contributed by atoms with E-state index in [0.717, 1.165) is 19.3 Å². The summed E-state index contributed by atoms with van der Waals surface area (Å²) in [5.41, 5.74) is 7.62. The Morgan fingerprint density at radius 1 is 1.26 bits per heavy atom. The average molecular weight is 425 g/mol. The third-order valence-electron chi connectivity index (χ3n) is 6.18. The molecule has 1 aromatic carbocycles. The van der Waals surface area contributed by atoms with E-state index in [1.165, 1.54) is 10.7 Å². The van der Waals surface area contributed by atoms with E-state index in [1.54, 1.807) is 12.3 Å². The van der Waals surface area contributed by atoms with Crippen LogP contribution < -0.4 is 10.6 Å². The van der Waals surface area contributed by atoms with Crippen molar-refractivity contribution in [3.05, 3.63) is 36.0 Å². The number of ether oxygens (including phenoxy) is 1. The number of carbonyl (C=O) groups is 1. The van der Waals surface area contributed by atoms with Gasteiger partial charge in [0.25, 0.3) is 0 Å². The summed E-state index contributed by atoms with van der Waals surface area (Å²) in [4.78, 5) is 22.5. The molecule has 162 valence electrons. The number of benzene rings is 1. The number of hydrogen-bond acceptors (Lipinski definition) is 7. The number of nitrogens with zero attached hydrogens (tertiary/aromatic N) is 6. The van der Waals surface area contributed by atoms with Crippen molar-refractivity contribution in [2.24, 2.45) is 17.6 Å². The van der Waals surface area contributed by atoms with Crippen LogP contribution in [0.15, 0.2) is 24.4 Å². The van der Waals surface area contributed by atoms with Gasteiger partial charge in [-0.3, -0.25) is 4.79 Å². The van der Waals surface area contributed by atoms with Crippen LogP contribution in [0.4, 0.5) is 10.1 Å². The number of rotatable bonds is 5. The largest absolute Gasteiger partial charge is 0.378 e. The van der Waals surface area contributed by atoms with Crippen molar-refractivity contribution in [3.8, 4) is 5.69 Å². The first-order valence-electron chi connectivity index (χ1n) is 10.6. The van der Waals surface area contributed by atoms with Gasteiger partial charge in [0.2, 0.25) is 5.91 Å². The van der Waals surface area contributed by atoms with Crippen LogP contribution in [0.3, 0.4) is 0 Å². The lowest BCUT2D eigenvalue weighted by Crippen LogP contribution is -2.36. The zero-order chi connectivity index (χ0) is 21.4. The van der Waals surface area contributed by atoms with Gasteiger partial charge in [-0.25, -0.2) is 14.4 Å². The molecule has 2 N–H and O–H groups in total. The minimum atomic E-state index is -0.319. The van der Waals surface area contributed by atoms with Crippen LogP contribution in [0.1, 0.15) is 25.1 Å². The highest BCUT2D eigenvalue weighted by atomic mass is 19.1. The van der Waals surface area contributed by atoms with Crippen LogP contribution in [-0.2, 0) is 16.0 Å². The first kappa shape index (κ1) is 19.8. The fourth-order valence-corrected chi connectivity index (χ4v) is 4.50. The number of aromatic nitrogens is 5. The molecule has 9 nitrogen and oxygen atoms in total. The number of anilines is 1. The maximum absolute atomic E-state index is 14.9. The first-order valence-corrected chi connectivity index (χ1v) is 10.6. The molecule has 0 bridgehead atoms. The fourth-order valence-electron chi connectivity index (χ4n) is 4.50. The molecule has 0 spiro atoms. The highest BCUT2D eigenvalue weighted by molar-refractivity contribution is 5.77. The van der Waals surface area contributed by atoms with E-state index >= 15 is 0 Å². The van der Waals surface area contributed by atoms with Crippen molar-refractivity contribution in [1.29, 1.82) is 0 Å². The number of carbonyl (C=O) groups excluding carboxylic acids is 1. The molecule has 2 fully saturated rings. The molecule has 1 aliphatic heterocycles. The second kappa shape index (κ2) is 8.18. The molecule has 5 rings (SSSR count). The summed E-state index contributed by atoms with van der Waals surface area (Å²) in [7, 11) is 0. The van der Waals surface area contributed by atoms with Gasteiger partial charge in [0.15, 0.2) is 11.2 Å². The quantitative estimate of drug-likeness (QED) is 0.661. The Labute approximate surface area is 178 Å². The summed E-state index contributed by atoms with van der Waals surface area (Å²) >= 11 is 0. The number of primary amides is 1. The second-order valence-electron chi connectivity index (χ2n) is 8.21. The Bertz CT molecular complexity index is 1110. The zero-order valence-corrected chi connectivity index (χ0v) is 17.1. The van der Waals surface area contributed by atoms with E-state index in [0.29, 0.717) is 67.0 Å². The lowest BCUT2D eigenvalue weighted by Gasteiger charge is -2.29. The molecule has 2 atom stereocenters. The molecule has 3 heterocycles. The highest BCUT2D eigenvalue weighted by Crippen LogP contribution is 2.32. The van der Waals surface area contributed by atoms with Crippen molar-refractivity contribution < 1.29 is 13.9 Å². The molecule has 1 aliphatic carbocycles. The van der Waals surface area contributed by atoms with Crippen LogP contribution in [0, 0.1) is 17.7 Å². The topological polar surface area (TPSA) is 112 Å². The third-order valence-corrected chi connectivity index (χ3v) is 6.18. The smallest absolute Gasteiger partial charge is 0.220 e. The number of halogens is 1. The predicted octanol–water partition coefficient (Wildman–Crippen LogP) is 1.63. The summed E-state index contributed by atoms with van der Waals surface area (Å²) in [5.74, 6) is 0.375. The second-order valence-corrected chi connectivity index (χ2v) is 8.21. The Hall–Kier alpha value is -3.14. The zero-order valence-electron chi connectivity index (χ0n) is 17.1. The summed E-state index contributed by atoms with van der Waals surface area (Å²) < 4.78 is 21.7. The molecule has 2 aromatic heterocycles. The van der Waals surface area contributed by atoms with Crippen molar-refractivity contribution in [3.63, 3.8) is 0 Å². The Balaban J connectivity index is 1.39. The first-order chi connectivity index (χ1) is 15.1. The number of nitrogens with two attached hydrogens (primary N) is 1. The minimum absolute atomic E-state index is 0.0612. The average Bonchev–Trinajstić information content (AvgIpc) is 3.41. The number of morpholine rings is 1. The van der Waals surface area contributed by atoms with Gasteiger partial charge in [0.1, 0.15) is 11.6 Å². The molecule has 1 saturated heterocycles. The van der Waals surface area contributed by atoms with Gasteiger partial charge in [-0.2, -0.15) is 4.68 Å². The third kappa shape index (κ3) is 3.95. The van der Waals surface area contributed by atoms with Gasteiger partial charge in [-0.15, -0.1) is 5.10 Å². The Morgan fingerprint density at radius 2 is 2.10 bits per heavy atom. The van der Waals surface area contributed by atoms with E-state index in [2.05, 4.69) is 20.3 Å². The standard InChI is InChI=1S/C21H24FN7O2/c22-16-11-15(3-4-18(16)28-5-7-31-8-6-28)29-21-17(26-27-29)12-24-19(25-21)10-13-1-2-14(9-13)20(23)30/h3-4,11-14H,1-2,5-10H2,(H2,23,30)/t13-,14-/m1/s1. The van der Waals surface area contributed by atoms with Gasteiger partial charge in [-0.1, -0.05) is 5.21 Å². The van der Waals surface area contributed by atoms with Crippen LogP contribution in [-0.4, -0.2) is 57.2 Å². The van der Waals surface area contributed by atoms with Gasteiger partial charge < -0.3 is 15.4 Å². The summed E-state index contributed by atoms with van der Waals surface area (Å²) in [5, 5.41) is 8.28. The Kier molecular flexibility index (Phi) is 5.23. The molecular formula is C21H24FN7O2. The van der Waals surface area contributed by atoms with Crippen LogP contribution in [0.5, 0.6) is 0 Å². The highest BCUT2D eigenvalue weighted by Gasteiger charge is 2.29. The fraction of sp³-hybridized carbons (Fsp3) is 0.476. The Morgan fingerprint density at radius 3 is 2.84 bits per heavy atom. The number of amides is 1. The number of hydrogen-bond donors (Lipinski definition) is 1. The van der Waals surface area contributed by atoms with E-state index in [-0.39, 0.29) is 17.6 Å². The van der Waals surface area contributed by atoms with Gasteiger partial charge in [0, 0.05) is 31.5 Å². The molecule has 31 heavy (non-hydrogen) atoms. The normalized spacial score (nSPS) is 21.6. The van der Waals surface area contributed by atoms with Gasteiger partial charge >= 0.3 is 0 Å². The van der Waals surface area contributed by atoms with E-state index in [1.807, 2.05) is 11.0 Å². The molecule has 1 saturated carbocycles. The van der Waals surface area contributed by atoms with Crippen molar-refractivity contribution in [2.75, 3.05) is 31.2 Å². The van der Waals surface area contributed by atoms with Gasteiger partial charge in [-0.05, 0) is 37.3 Å².